The van der Waals surface area contributed by atoms with Gasteiger partial charge in [0.1, 0.15) is 5.82 Å². The maximum atomic E-state index is 11.7. The van der Waals surface area contributed by atoms with Crippen molar-refractivity contribution in [1.82, 2.24) is 4.98 Å². The normalized spacial score (nSPS) is 10.0. The minimum atomic E-state index is -0.347. The van der Waals surface area contributed by atoms with Gasteiger partial charge in [0.05, 0.1) is 17.4 Å². The molecule has 0 fully saturated rings. The Morgan fingerprint density at radius 3 is 3.00 bits per heavy atom. The second-order valence-corrected chi connectivity index (χ2v) is 3.00. The van der Waals surface area contributed by atoms with Crippen molar-refractivity contribution in [2.45, 2.75) is 6.42 Å². The van der Waals surface area contributed by atoms with Gasteiger partial charge in [0.15, 0.2) is 0 Å². The van der Waals surface area contributed by atoms with Crippen LogP contribution in [0.3, 0.4) is 0 Å². The highest BCUT2D eigenvalue weighted by Gasteiger charge is 1.99. The number of nitrogens with one attached hydrogen (secondary N) is 1. The summed E-state index contributed by atoms with van der Waals surface area (Å²) in [7, 11) is 0. The molecule has 1 rings (SSSR count). The number of nitrogens with zero attached hydrogens (tertiary/aromatic N) is 1. The third-order valence-corrected chi connectivity index (χ3v) is 1.69. The average molecular weight is 204 g/mol. The van der Waals surface area contributed by atoms with Gasteiger partial charge in [-0.2, -0.15) is 0 Å². The molecule has 72 valence electrons. The van der Waals surface area contributed by atoms with Crippen LogP contribution in [0.4, 0.5) is 15.9 Å². The predicted molar refractivity (Wildman–Crippen MR) is 52.7 cm³/mol. The van der Waals surface area contributed by atoms with Crippen molar-refractivity contribution >= 4 is 23.1 Å². The zero-order valence-electron chi connectivity index (χ0n) is 7.06. The highest BCUT2D eigenvalue weighted by atomic mass is 35.5. The number of nitrogens with two attached hydrogens (primary N) is 1. The minimum absolute atomic E-state index is 0.347. The molecule has 0 atom stereocenters. The van der Waals surface area contributed by atoms with Crippen molar-refractivity contribution in [3.8, 4) is 0 Å². The van der Waals surface area contributed by atoms with E-state index in [-0.39, 0.29) is 6.67 Å². The summed E-state index contributed by atoms with van der Waals surface area (Å²) in [6, 6.07) is 1.60. The SMILES string of the molecule is Nc1cc(Cl)cnc1NCCCF. The Balaban J connectivity index is 2.56. The first-order chi connectivity index (χ1) is 6.24. The van der Waals surface area contributed by atoms with Gasteiger partial charge in [-0.15, -0.1) is 0 Å². The number of pyridine rings is 1. The van der Waals surface area contributed by atoms with E-state index in [0.29, 0.717) is 29.5 Å². The summed E-state index contributed by atoms with van der Waals surface area (Å²) in [6.07, 6.45) is 1.94. The summed E-state index contributed by atoms with van der Waals surface area (Å²) in [5.74, 6) is 0.554. The molecule has 0 amide bonds. The van der Waals surface area contributed by atoms with Crippen LogP contribution in [0.15, 0.2) is 12.3 Å². The lowest BCUT2D eigenvalue weighted by Crippen LogP contribution is -2.06. The highest BCUT2D eigenvalue weighted by molar-refractivity contribution is 6.30. The first-order valence-electron chi connectivity index (χ1n) is 3.95. The molecule has 0 aromatic carbocycles. The zero-order chi connectivity index (χ0) is 9.68. The molecule has 0 radical (unpaired) electrons. The number of hydrogen-bond donors (Lipinski definition) is 2. The molecule has 3 N–H and O–H groups in total. The minimum Gasteiger partial charge on any atom is -0.396 e. The van der Waals surface area contributed by atoms with Gasteiger partial charge in [0.25, 0.3) is 0 Å². The van der Waals surface area contributed by atoms with Crippen molar-refractivity contribution in [3.63, 3.8) is 0 Å². The van der Waals surface area contributed by atoms with E-state index in [1.54, 1.807) is 6.07 Å². The number of halogens is 2. The van der Waals surface area contributed by atoms with E-state index in [2.05, 4.69) is 10.3 Å². The molecule has 0 saturated heterocycles. The first-order valence-corrected chi connectivity index (χ1v) is 4.32. The van der Waals surface area contributed by atoms with Crippen molar-refractivity contribution in [2.75, 3.05) is 24.3 Å². The van der Waals surface area contributed by atoms with E-state index < -0.39 is 0 Å². The fourth-order valence-electron chi connectivity index (χ4n) is 0.876. The maximum absolute atomic E-state index is 11.7. The van der Waals surface area contributed by atoms with E-state index in [1.807, 2.05) is 0 Å². The molecule has 13 heavy (non-hydrogen) atoms. The van der Waals surface area contributed by atoms with Crippen LogP contribution in [0.5, 0.6) is 0 Å². The van der Waals surface area contributed by atoms with Gasteiger partial charge in [-0.05, 0) is 12.5 Å². The zero-order valence-corrected chi connectivity index (χ0v) is 7.81. The van der Waals surface area contributed by atoms with Crippen LogP contribution in [-0.2, 0) is 0 Å². The van der Waals surface area contributed by atoms with E-state index in [4.69, 9.17) is 17.3 Å². The van der Waals surface area contributed by atoms with Crippen LogP contribution in [0, 0.1) is 0 Å². The Labute approximate surface area is 81.1 Å². The van der Waals surface area contributed by atoms with Gasteiger partial charge in [0, 0.05) is 12.7 Å². The lowest BCUT2D eigenvalue weighted by atomic mass is 10.4. The standard InChI is InChI=1S/C8H11ClFN3/c9-6-4-7(11)8(13-5-6)12-3-1-2-10/h4-5H,1-3,11H2,(H,12,13). The highest BCUT2D eigenvalue weighted by Crippen LogP contribution is 2.18. The lowest BCUT2D eigenvalue weighted by molar-refractivity contribution is 0.481. The van der Waals surface area contributed by atoms with Crippen LogP contribution in [0.25, 0.3) is 0 Å². The topological polar surface area (TPSA) is 50.9 Å². The molecule has 1 aromatic rings. The van der Waals surface area contributed by atoms with Crippen LogP contribution in [0.1, 0.15) is 6.42 Å². The van der Waals surface area contributed by atoms with Crippen LogP contribution in [-0.4, -0.2) is 18.2 Å². The van der Waals surface area contributed by atoms with Gasteiger partial charge in [0.2, 0.25) is 0 Å². The van der Waals surface area contributed by atoms with E-state index in [9.17, 15) is 4.39 Å². The molecule has 5 heteroatoms. The summed E-state index contributed by atoms with van der Waals surface area (Å²) in [6.45, 7) is 0.176. The average Bonchev–Trinajstić information content (AvgIpc) is 2.09. The predicted octanol–water partition coefficient (Wildman–Crippen LogP) is 2.09. The Bertz CT molecular complexity index is 280. The molecule has 0 spiro atoms. The molecule has 0 saturated carbocycles. The van der Waals surface area contributed by atoms with Crippen LogP contribution in [0.2, 0.25) is 5.02 Å². The summed E-state index contributed by atoms with van der Waals surface area (Å²) < 4.78 is 11.7. The molecule has 0 bridgehead atoms. The molecule has 0 aliphatic rings. The largest absolute Gasteiger partial charge is 0.396 e. The first kappa shape index (κ1) is 10.1. The van der Waals surface area contributed by atoms with Crippen LogP contribution < -0.4 is 11.1 Å². The molecule has 1 heterocycles. The Hall–Kier alpha value is -1.03. The van der Waals surface area contributed by atoms with Gasteiger partial charge < -0.3 is 11.1 Å². The molecular weight excluding hydrogens is 193 g/mol. The summed E-state index contributed by atoms with van der Waals surface area (Å²) in [4.78, 5) is 3.96. The molecular formula is C8H11ClFN3. The van der Waals surface area contributed by atoms with Crippen molar-refractivity contribution in [2.24, 2.45) is 0 Å². The third kappa shape index (κ3) is 3.06. The van der Waals surface area contributed by atoms with E-state index in [1.165, 1.54) is 6.20 Å². The van der Waals surface area contributed by atoms with Crippen molar-refractivity contribution < 1.29 is 4.39 Å². The number of alkyl halides is 1. The monoisotopic (exact) mass is 203 g/mol. The summed E-state index contributed by atoms with van der Waals surface area (Å²) in [5.41, 5.74) is 6.08. The number of rotatable bonds is 4. The molecule has 0 aliphatic carbocycles. The second-order valence-electron chi connectivity index (χ2n) is 2.56. The summed E-state index contributed by atoms with van der Waals surface area (Å²) in [5, 5.41) is 3.40. The number of hydrogen-bond acceptors (Lipinski definition) is 3. The summed E-state index contributed by atoms with van der Waals surface area (Å²) >= 11 is 5.65. The number of anilines is 2. The quantitative estimate of drug-likeness (QED) is 0.737. The van der Waals surface area contributed by atoms with Gasteiger partial charge in [-0.25, -0.2) is 4.98 Å². The Kier molecular flexibility index (Phi) is 3.76. The maximum Gasteiger partial charge on any atom is 0.149 e. The Morgan fingerprint density at radius 1 is 1.62 bits per heavy atom. The number of aromatic nitrogens is 1. The fourth-order valence-corrected chi connectivity index (χ4v) is 1.04. The molecule has 0 unspecified atom stereocenters. The Morgan fingerprint density at radius 2 is 2.38 bits per heavy atom. The van der Waals surface area contributed by atoms with Gasteiger partial charge >= 0.3 is 0 Å². The molecule has 0 aliphatic heterocycles. The smallest absolute Gasteiger partial charge is 0.149 e. The lowest BCUT2D eigenvalue weighted by Gasteiger charge is -2.06. The van der Waals surface area contributed by atoms with E-state index in [0.717, 1.165) is 0 Å². The van der Waals surface area contributed by atoms with Gasteiger partial charge in [-0.3, -0.25) is 4.39 Å². The van der Waals surface area contributed by atoms with Crippen LogP contribution >= 0.6 is 11.6 Å². The second kappa shape index (κ2) is 4.87. The third-order valence-electron chi connectivity index (χ3n) is 1.49. The fraction of sp³-hybridized carbons (Fsp3) is 0.375. The van der Waals surface area contributed by atoms with Gasteiger partial charge in [-0.1, -0.05) is 11.6 Å². The van der Waals surface area contributed by atoms with Crippen molar-refractivity contribution in [1.29, 1.82) is 0 Å². The van der Waals surface area contributed by atoms with Crippen molar-refractivity contribution in [3.05, 3.63) is 17.3 Å². The molecule has 3 nitrogen and oxygen atoms in total. The molecule has 1 aromatic heterocycles. The number of nitrogen functional groups attached to an aromatic ring is 1. The van der Waals surface area contributed by atoms with E-state index >= 15 is 0 Å².